The second-order valence-corrected chi connectivity index (χ2v) is 12.6. The van der Waals surface area contributed by atoms with Gasteiger partial charge >= 0.3 is 6.18 Å². The van der Waals surface area contributed by atoms with Gasteiger partial charge in [0.2, 0.25) is 5.76 Å². The highest BCUT2D eigenvalue weighted by atomic mass is 31.2. The number of aliphatic carboxylic acids is 1. The highest BCUT2D eigenvalue weighted by Gasteiger charge is 2.48. The van der Waals surface area contributed by atoms with E-state index >= 15 is 4.57 Å². The van der Waals surface area contributed by atoms with E-state index in [-0.39, 0.29) is 0 Å². The van der Waals surface area contributed by atoms with Gasteiger partial charge in [-0.3, -0.25) is 0 Å². The van der Waals surface area contributed by atoms with Crippen LogP contribution in [0.1, 0.15) is 11.2 Å². The van der Waals surface area contributed by atoms with Crippen molar-refractivity contribution in [3.63, 3.8) is 0 Å². The van der Waals surface area contributed by atoms with Gasteiger partial charge in [0.25, 0.3) is 0 Å². The van der Waals surface area contributed by atoms with E-state index in [1.807, 2.05) is 117 Å². The molecule has 6 nitrogen and oxygen atoms in total. The Morgan fingerprint density at radius 1 is 0.902 bits per heavy atom. The maximum atomic E-state index is 15.4. The second-order valence-electron chi connectivity index (χ2n) is 9.77. The first kappa shape index (κ1) is 29.7. The van der Waals surface area contributed by atoms with Gasteiger partial charge in [0.15, 0.2) is 24.2 Å². The number of nitrogens with zero attached hydrogens (tertiary/aromatic N) is 2. The average Bonchev–Trinajstić information content (AvgIpc) is 2.95. The summed E-state index contributed by atoms with van der Waals surface area (Å²) < 4.78 is 53.4. The van der Waals surface area contributed by atoms with E-state index in [9.17, 15) is 13.2 Å². The molecule has 0 amide bonds. The smallest absolute Gasteiger partial charge is 0.430 e. The van der Waals surface area contributed by atoms with E-state index in [1.54, 1.807) is 0 Å². The molecule has 0 saturated carbocycles. The Kier molecular flexibility index (Phi) is 8.43. The van der Waals surface area contributed by atoms with Gasteiger partial charge < -0.3 is 29.0 Å². The summed E-state index contributed by atoms with van der Waals surface area (Å²) in [7, 11) is 4.82. The fourth-order valence-electron chi connectivity index (χ4n) is 4.55. The van der Waals surface area contributed by atoms with Crippen LogP contribution in [0.15, 0.2) is 108 Å². The van der Waals surface area contributed by atoms with Crippen LogP contribution in [0.4, 0.5) is 18.9 Å². The van der Waals surface area contributed by atoms with Gasteiger partial charge in [0.05, 0.1) is 6.08 Å². The summed E-state index contributed by atoms with van der Waals surface area (Å²) in [6.07, 6.45) is 2.24. The maximum Gasteiger partial charge on any atom is 0.430 e. The van der Waals surface area contributed by atoms with Gasteiger partial charge in [-0.15, -0.1) is 0 Å². The predicted octanol–water partition coefficient (Wildman–Crippen LogP) is 4.57. The van der Waals surface area contributed by atoms with Crippen LogP contribution in [-0.4, -0.2) is 45.2 Å². The lowest BCUT2D eigenvalue weighted by molar-refractivity contribution is -0.344. The molecule has 5 rings (SSSR count). The molecule has 0 saturated heterocycles. The quantitative estimate of drug-likeness (QED) is 0.325. The molecule has 0 spiro atoms. The minimum Gasteiger partial charge on any atom is -0.542 e. The number of benzene rings is 3. The lowest BCUT2D eigenvalue weighted by atomic mass is 9.95. The first-order chi connectivity index (χ1) is 19.3. The molecule has 1 atom stereocenters. The Hall–Kier alpha value is -4.32. The summed E-state index contributed by atoms with van der Waals surface area (Å²) in [6.45, 7) is 0. The molecule has 0 bridgehead atoms. The highest BCUT2D eigenvalue weighted by Crippen LogP contribution is 2.64. The normalized spacial score (nSPS) is 15.7. The van der Waals surface area contributed by atoms with Gasteiger partial charge in [-0.05, 0) is 6.07 Å². The average molecular weight is 581 g/mol. The molecule has 10 heteroatoms. The Morgan fingerprint density at radius 3 is 1.90 bits per heavy atom. The molecule has 3 aromatic carbocycles. The van der Waals surface area contributed by atoms with Crippen LogP contribution in [0, 0.1) is 6.08 Å². The fourth-order valence-corrected chi connectivity index (χ4v) is 7.84. The largest absolute Gasteiger partial charge is 0.542 e. The van der Waals surface area contributed by atoms with Crippen molar-refractivity contribution in [3.05, 3.63) is 120 Å². The number of carboxylic acid groups (broad SMARTS) is 1. The number of alkyl halides is 3. The molecule has 2 aliphatic rings. The lowest BCUT2D eigenvalue weighted by Gasteiger charge is -2.32. The molecule has 1 heterocycles. The van der Waals surface area contributed by atoms with Crippen molar-refractivity contribution in [2.24, 2.45) is 0 Å². The Labute approximate surface area is 237 Å². The Morgan fingerprint density at radius 2 is 1.44 bits per heavy atom. The Balaban J connectivity index is 0.000000493. The van der Waals surface area contributed by atoms with E-state index in [4.69, 9.17) is 14.6 Å². The summed E-state index contributed by atoms with van der Waals surface area (Å²) >= 11 is 0. The van der Waals surface area contributed by atoms with Crippen LogP contribution >= 0.6 is 7.14 Å². The third kappa shape index (κ3) is 6.07. The molecule has 41 heavy (non-hydrogen) atoms. The SMILES string of the molecule is CN(C)C1=CC2=C([C+]=C1)C(P(=O)(c1ccccc1)c1ccccc1)c1ccc(N(C)C)cc1O2.O=C([O-])C(F)(F)F. The number of rotatable bonds is 5. The molecule has 0 radical (unpaired) electrons. The molecular weight excluding hydrogens is 552 g/mol. The van der Waals surface area contributed by atoms with E-state index in [0.717, 1.165) is 38.9 Å². The van der Waals surface area contributed by atoms with E-state index in [1.165, 1.54) is 0 Å². The molecule has 212 valence electrons. The van der Waals surface area contributed by atoms with Crippen LogP contribution in [0.3, 0.4) is 0 Å². The zero-order valence-electron chi connectivity index (χ0n) is 22.8. The van der Waals surface area contributed by atoms with Gasteiger partial charge in [-0.1, -0.05) is 66.7 Å². The predicted molar refractivity (Wildman–Crippen MR) is 152 cm³/mol. The monoisotopic (exact) mass is 580 g/mol. The first-order valence-electron chi connectivity index (χ1n) is 12.5. The summed E-state index contributed by atoms with van der Waals surface area (Å²) in [6, 6.07) is 25.8. The Bertz CT molecular complexity index is 1520. The molecule has 0 N–H and O–H groups in total. The molecule has 0 fully saturated rings. The molecule has 1 aliphatic carbocycles. The molecule has 1 unspecified atom stereocenters. The van der Waals surface area contributed by atoms with E-state index in [0.29, 0.717) is 5.76 Å². The van der Waals surface area contributed by atoms with Gasteiger partial charge in [-0.25, -0.2) is 0 Å². The lowest BCUT2D eigenvalue weighted by Crippen LogP contribution is -2.37. The highest BCUT2D eigenvalue weighted by molar-refractivity contribution is 7.79. The summed E-state index contributed by atoms with van der Waals surface area (Å²) in [5.74, 6) is -1.57. The van der Waals surface area contributed by atoms with Crippen molar-refractivity contribution < 1.29 is 32.4 Å². The van der Waals surface area contributed by atoms with Crippen molar-refractivity contribution in [2.75, 3.05) is 33.1 Å². The summed E-state index contributed by atoms with van der Waals surface area (Å²) in [5.41, 5.74) is 3.35. The molecular formula is C31H28F3N2O4P. The number of hydrogen-bond donors (Lipinski definition) is 0. The van der Waals surface area contributed by atoms with Crippen molar-refractivity contribution in [3.8, 4) is 5.75 Å². The number of allylic oxidation sites excluding steroid dienone is 4. The molecule has 1 aliphatic heterocycles. The zero-order valence-corrected chi connectivity index (χ0v) is 23.7. The summed E-state index contributed by atoms with van der Waals surface area (Å²) in [5, 5.41) is 10.4. The second kappa shape index (κ2) is 11.7. The van der Waals surface area contributed by atoms with Crippen LogP contribution in [0.2, 0.25) is 0 Å². The van der Waals surface area contributed by atoms with Crippen molar-refractivity contribution in [1.29, 1.82) is 0 Å². The number of carbonyl (C=O) groups is 1. The fraction of sp³-hybridized carbons (Fsp3) is 0.194. The minimum absolute atomic E-state index is 0.413. The number of likely N-dealkylation sites (N-methyl/N-ethyl adjacent to an activating group) is 1. The van der Waals surface area contributed by atoms with Crippen LogP contribution in [0.5, 0.6) is 5.75 Å². The van der Waals surface area contributed by atoms with Gasteiger partial charge in [0.1, 0.15) is 23.8 Å². The number of hydrogen-bond acceptors (Lipinski definition) is 6. The topological polar surface area (TPSA) is 72.9 Å². The number of carboxylic acids is 1. The number of carbonyl (C=O) groups excluding carboxylic acids is 1. The molecule has 0 aromatic heterocycles. The standard InChI is InChI=1S/C29H28N2O2P.C2HF3O2/c1-30(2)21-15-17-25-27(19-21)33-28-20-22(31(3)4)16-18-26(28)29(25)34(32,23-11-7-5-8-12-23)24-13-9-6-10-14-24;3-2(4,5)1(6)7/h5-17,19-20,29H,1-4H3;(H,6,7)/q+1;/p-1. The van der Waals surface area contributed by atoms with E-state index in [2.05, 4.69) is 18.2 Å². The van der Waals surface area contributed by atoms with Crippen molar-refractivity contribution in [1.82, 2.24) is 4.90 Å². The minimum atomic E-state index is -5.19. The number of anilines is 1. The van der Waals surface area contributed by atoms with Gasteiger partial charge in [-0.2, -0.15) is 13.2 Å². The number of fused-ring (bicyclic) bond motifs is 1. The number of ether oxygens (including phenoxy) is 1. The van der Waals surface area contributed by atoms with Crippen LogP contribution in [-0.2, 0) is 9.36 Å². The number of halogens is 3. The van der Waals surface area contributed by atoms with Crippen LogP contribution < -0.4 is 25.4 Å². The van der Waals surface area contributed by atoms with Crippen molar-refractivity contribution >= 4 is 29.4 Å². The summed E-state index contributed by atoms with van der Waals surface area (Å²) in [4.78, 5) is 12.9. The molecule has 3 aromatic rings. The first-order valence-corrected chi connectivity index (χ1v) is 14.3. The zero-order chi connectivity index (χ0) is 29.9. The van der Waals surface area contributed by atoms with Crippen molar-refractivity contribution in [2.45, 2.75) is 11.8 Å². The third-order valence-electron chi connectivity index (χ3n) is 6.61. The maximum absolute atomic E-state index is 15.4. The third-order valence-corrected chi connectivity index (χ3v) is 10.0. The van der Waals surface area contributed by atoms with E-state index < -0.39 is 24.9 Å². The van der Waals surface area contributed by atoms with Gasteiger partial charge in [0, 0.05) is 56.1 Å². The van der Waals surface area contributed by atoms with Crippen LogP contribution in [0.25, 0.3) is 0 Å².